The first kappa shape index (κ1) is 21.6. The van der Waals surface area contributed by atoms with Crippen LogP contribution in [0.2, 0.25) is 0 Å². The molecule has 164 valence electrons. The third-order valence-corrected chi connectivity index (χ3v) is 10.7. The summed E-state index contributed by atoms with van der Waals surface area (Å²) < 4.78 is 0. The molecule has 0 amide bonds. The Labute approximate surface area is 180 Å². The van der Waals surface area contributed by atoms with Crippen LogP contribution in [0.4, 0.5) is 0 Å². The van der Waals surface area contributed by atoms with Crippen LogP contribution in [-0.2, 0) is 0 Å². The topological polar surface area (TPSA) is 6.48 Å². The molecule has 0 spiro atoms. The fourth-order valence-corrected chi connectivity index (χ4v) is 8.34. The molecule has 4 aliphatic carbocycles. The van der Waals surface area contributed by atoms with Crippen molar-refractivity contribution in [1.29, 1.82) is 0 Å². The molecule has 0 aromatic heterocycles. The number of rotatable bonds is 3. The molecule has 2 heteroatoms. The van der Waals surface area contributed by atoms with Crippen molar-refractivity contribution >= 4 is 0 Å². The lowest BCUT2D eigenvalue weighted by Crippen LogP contribution is -2.49. The lowest BCUT2D eigenvalue weighted by Gasteiger charge is -2.54. The van der Waals surface area contributed by atoms with Gasteiger partial charge in [-0.15, -0.1) is 0 Å². The Bertz CT molecular complexity index is 689. The monoisotopic (exact) mass is 398 g/mol. The summed E-state index contributed by atoms with van der Waals surface area (Å²) in [6, 6.07) is 1.42. The van der Waals surface area contributed by atoms with Gasteiger partial charge in [0.15, 0.2) is 0 Å². The van der Waals surface area contributed by atoms with Crippen LogP contribution in [0.3, 0.4) is 0 Å². The second-order valence-electron chi connectivity index (χ2n) is 12.0. The van der Waals surface area contributed by atoms with Gasteiger partial charge in [-0.3, -0.25) is 0 Å². The Morgan fingerprint density at radius 1 is 1.00 bits per heavy atom. The second-order valence-corrected chi connectivity index (χ2v) is 12.0. The molecular formula is C27H46N2. The average molecular weight is 399 g/mol. The molecule has 4 rings (SSSR count). The van der Waals surface area contributed by atoms with Gasteiger partial charge in [0.25, 0.3) is 0 Å². The molecule has 0 N–H and O–H groups in total. The molecule has 0 heterocycles. The standard InChI is InChI=1S/C27H46N2/c1-18-22-10-11-24-21(17-20(22)9-12-25(18)29(7)8)13-15-26(3)23(19(2)28(5)6)14-16-27(24,26)4/h13,17-19,22-25H,9-12,14-16H2,1-8H3. The van der Waals surface area contributed by atoms with E-state index in [-0.39, 0.29) is 0 Å². The van der Waals surface area contributed by atoms with Crippen molar-refractivity contribution in [3.63, 3.8) is 0 Å². The largest absolute Gasteiger partial charge is 0.306 e. The van der Waals surface area contributed by atoms with E-state index in [9.17, 15) is 0 Å². The van der Waals surface area contributed by atoms with Crippen LogP contribution < -0.4 is 0 Å². The van der Waals surface area contributed by atoms with E-state index in [0.29, 0.717) is 16.9 Å². The van der Waals surface area contributed by atoms with Gasteiger partial charge in [-0.05, 0) is 120 Å². The Hall–Kier alpha value is -0.600. The summed E-state index contributed by atoms with van der Waals surface area (Å²) >= 11 is 0. The number of hydrogen-bond donors (Lipinski definition) is 0. The third-order valence-electron chi connectivity index (χ3n) is 10.7. The normalized spacial score (nSPS) is 45.8. The van der Waals surface area contributed by atoms with Crippen LogP contribution in [0.5, 0.6) is 0 Å². The number of hydrogen-bond acceptors (Lipinski definition) is 2. The van der Waals surface area contributed by atoms with Crippen molar-refractivity contribution in [2.24, 2.45) is 34.5 Å². The van der Waals surface area contributed by atoms with Crippen molar-refractivity contribution in [3.05, 3.63) is 23.3 Å². The van der Waals surface area contributed by atoms with Crippen molar-refractivity contribution in [3.8, 4) is 0 Å². The van der Waals surface area contributed by atoms with Crippen molar-refractivity contribution in [2.45, 2.75) is 84.7 Å². The molecule has 0 bridgehead atoms. The summed E-state index contributed by atoms with van der Waals surface area (Å²) in [6.07, 6.45) is 14.9. The molecule has 2 fully saturated rings. The van der Waals surface area contributed by atoms with Gasteiger partial charge in [-0.1, -0.05) is 38.5 Å². The van der Waals surface area contributed by atoms with E-state index in [4.69, 9.17) is 0 Å². The summed E-state index contributed by atoms with van der Waals surface area (Å²) in [5, 5.41) is 0. The number of fused-ring (bicyclic) bond motifs is 4. The highest BCUT2D eigenvalue weighted by atomic mass is 15.1. The second kappa shape index (κ2) is 7.52. The minimum absolute atomic E-state index is 0.441. The van der Waals surface area contributed by atoms with Crippen LogP contribution in [0.15, 0.2) is 23.3 Å². The van der Waals surface area contributed by atoms with Gasteiger partial charge in [-0.2, -0.15) is 0 Å². The van der Waals surface area contributed by atoms with Crippen LogP contribution in [-0.4, -0.2) is 50.1 Å². The summed E-state index contributed by atoms with van der Waals surface area (Å²) in [7, 11) is 9.12. The highest BCUT2D eigenvalue weighted by molar-refractivity contribution is 5.36. The van der Waals surface area contributed by atoms with Crippen LogP contribution in [0.1, 0.15) is 72.6 Å². The molecule has 0 aromatic carbocycles. The van der Waals surface area contributed by atoms with Crippen LogP contribution >= 0.6 is 0 Å². The van der Waals surface area contributed by atoms with Gasteiger partial charge in [-0.25, -0.2) is 0 Å². The lowest BCUT2D eigenvalue weighted by atomic mass is 9.51. The highest BCUT2D eigenvalue weighted by Crippen LogP contribution is 2.67. The fraction of sp³-hybridized carbons (Fsp3) is 0.852. The van der Waals surface area contributed by atoms with Gasteiger partial charge in [0.1, 0.15) is 0 Å². The Morgan fingerprint density at radius 2 is 1.72 bits per heavy atom. The van der Waals surface area contributed by atoms with Gasteiger partial charge >= 0.3 is 0 Å². The molecule has 0 aliphatic heterocycles. The van der Waals surface area contributed by atoms with Gasteiger partial charge in [0, 0.05) is 12.1 Å². The van der Waals surface area contributed by atoms with E-state index in [1.807, 2.05) is 0 Å². The zero-order valence-corrected chi connectivity index (χ0v) is 20.5. The first-order valence-corrected chi connectivity index (χ1v) is 12.3. The first-order valence-electron chi connectivity index (χ1n) is 12.3. The van der Waals surface area contributed by atoms with Crippen molar-refractivity contribution in [1.82, 2.24) is 9.80 Å². The Balaban J connectivity index is 1.64. The van der Waals surface area contributed by atoms with E-state index < -0.39 is 0 Å². The quantitative estimate of drug-likeness (QED) is 0.575. The molecule has 4 aliphatic rings. The molecule has 8 atom stereocenters. The minimum Gasteiger partial charge on any atom is -0.306 e. The molecule has 0 radical (unpaired) electrons. The van der Waals surface area contributed by atoms with Gasteiger partial charge < -0.3 is 9.80 Å². The number of nitrogens with zero attached hydrogens (tertiary/aromatic N) is 2. The van der Waals surface area contributed by atoms with E-state index in [1.54, 1.807) is 11.1 Å². The molecule has 8 unspecified atom stereocenters. The van der Waals surface area contributed by atoms with Crippen LogP contribution in [0, 0.1) is 34.5 Å². The predicted molar refractivity (Wildman–Crippen MR) is 125 cm³/mol. The van der Waals surface area contributed by atoms with Crippen molar-refractivity contribution in [2.75, 3.05) is 28.2 Å². The molecule has 2 saturated carbocycles. The van der Waals surface area contributed by atoms with Gasteiger partial charge in [0.2, 0.25) is 0 Å². The number of allylic oxidation sites excluding steroid dienone is 4. The Morgan fingerprint density at radius 3 is 2.38 bits per heavy atom. The molecule has 29 heavy (non-hydrogen) atoms. The predicted octanol–water partition coefficient (Wildman–Crippen LogP) is 6.00. The zero-order valence-electron chi connectivity index (χ0n) is 20.5. The van der Waals surface area contributed by atoms with E-state index in [0.717, 1.165) is 29.7 Å². The maximum absolute atomic E-state index is 2.71. The van der Waals surface area contributed by atoms with E-state index in [2.05, 4.69) is 77.8 Å². The lowest BCUT2D eigenvalue weighted by molar-refractivity contribution is -0.0106. The summed E-state index contributed by atoms with van der Waals surface area (Å²) in [6.45, 7) is 10.3. The Kier molecular flexibility index (Phi) is 5.61. The van der Waals surface area contributed by atoms with Gasteiger partial charge in [0.05, 0.1) is 0 Å². The van der Waals surface area contributed by atoms with E-state index >= 15 is 0 Å². The zero-order chi connectivity index (χ0) is 21.1. The average Bonchev–Trinajstić information content (AvgIpc) is 2.81. The maximum atomic E-state index is 2.71. The smallest absolute Gasteiger partial charge is 0.0124 e. The first-order chi connectivity index (χ1) is 13.6. The molecular weight excluding hydrogens is 352 g/mol. The SMILES string of the molecule is CC1C2CCC3C(=CCC4(C)C(C(C)N(C)C)CCC34C)C=C2CCC1N(C)C. The molecule has 0 aromatic rings. The summed E-state index contributed by atoms with van der Waals surface area (Å²) in [4.78, 5) is 4.95. The summed E-state index contributed by atoms with van der Waals surface area (Å²) in [5.74, 6) is 3.17. The minimum atomic E-state index is 0.441. The molecule has 2 nitrogen and oxygen atoms in total. The maximum Gasteiger partial charge on any atom is 0.0124 e. The molecule has 0 saturated heterocycles. The fourth-order valence-electron chi connectivity index (χ4n) is 8.34. The van der Waals surface area contributed by atoms with E-state index in [1.165, 1.54) is 44.9 Å². The van der Waals surface area contributed by atoms with Crippen LogP contribution in [0.25, 0.3) is 0 Å². The summed E-state index contributed by atoms with van der Waals surface area (Å²) in [5.41, 5.74) is 4.40. The third kappa shape index (κ3) is 3.19. The highest BCUT2D eigenvalue weighted by Gasteiger charge is 2.60. The van der Waals surface area contributed by atoms with Crippen molar-refractivity contribution < 1.29 is 0 Å².